The number of hydrogen-bond acceptors (Lipinski definition) is 5. The van der Waals surface area contributed by atoms with Crippen LogP contribution < -0.4 is 10.1 Å². The van der Waals surface area contributed by atoms with Crippen molar-refractivity contribution in [3.8, 4) is 5.75 Å². The number of aromatic nitrogens is 2. The number of carbonyl (C=O) groups is 1. The van der Waals surface area contributed by atoms with Crippen molar-refractivity contribution in [2.75, 3.05) is 26.2 Å². The van der Waals surface area contributed by atoms with Crippen LogP contribution in [0.15, 0.2) is 36.5 Å². The molecule has 2 aromatic rings. The Morgan fingerprint density at radius 1 is 1.31 bits per heavy atom. The molecular formula is C20H24N4O2. The van der Waals surface area contributed by atoms with Gasteiger partial charge in [-0.1, -0.05) is 18.2 Å². The van der Waals surface area contributed by atoms with Crippen LogP contribution in [0.3, 0.4) is 0 Å². The summed E-state index contributed by atoms with van der Waals surface area (Å²) in [7, 11) is 0. The van der Waals surface area contributed by atoms with E-state index in [0.717, 1.165) is 43.0 Å². The lowest BCUT2D eigenvalue weighted by molar-refractivity contribution is -0.134. The highest BCUT2D eigenvalue weighted by Crippen LogP contribution is 2.23. The normalized spacial score (nSPS) is 19.7. The van der Waals surface area contributed by atoms with E-state index in [0.29, 0.717) is 24.8 Å². The lowest BCUT2D eigenvalue weighted by Gasteiger charge is -2.29. The zero-order valence-corrected chi connectivity index (χ0v) is 14.9. The third-order valence-electron chi connectivity index (χ3n) is 5.07. The number of rotatable bonds is 4. The van der Waals surface area contributed by atoms with Crippen molar-refractivity contribution in [2.45, 2.75) is 31.7 Å². The van der Waals surface area contributed by atoms with Crippen molar-refractivity contribution >= 4 is 5.91 Å². The molecule has 0 bridgehead atoms. The third kappa shape index (κ3) is 3.85. The Balaban J connectivity index is 1.37. The minimum Gasteiger partial charge on any atom is -0.484 e. The minimum absolute atomic E-state index is 0.0000557. The van der Waals surface area contributed by atoms with Crippen molar-refractivity contribution in [3.05, 3.63) is 53.6 Å². The van der Waals surface area contributed by atoms with Gasteiger partial charge >= 0.3 is 0 Å². The minimum atomic E-state index is 0.0000557. The van der Waals surface area contributed by atoms with Gasteiger partial charge in [0.25, 0.3) is 5.91 Å². The maximum Gasteiger partial charge on any atom is 0.260 e. The monoisotopic (exact) mass is 352 g/mol. The first-order valence-electron chi connectivity index (χ1n) is 9.30. The first kappa shape index (κ1) is 17.0. The fourth-order valence-electron chi connectivity index (χ4n) is 3.57. The first-order valence-corrected chi connectivity index (χ1v) is 9.30. The Labute approximate surface area is 153 Å². The smallest absolute Gasteiger partial charge is 0.260 e. The largest absolute Gasteiger partial charge is 0.484 e. The van der Waals surface area contributed by atoms with Crippen LogP contribution in [0, 0.1) is 0 Å². The van der Waals surface area contributed by atoms with Crippen molar-refractivity contribution in [2.24, 2.45) is 0 Å². The van der Waals surface area contributed by atoms with E-state index in [2.05, 4.69) is 10.3 Å². The van der Waals surface area contributed by atoms with E-state index in [4.69, 9.17) is 9.72 Å². The average Bonchev–Trinajstić information content (AvgIpc) is 2.72. The molecule has 0 unspecified atom stereocenters. The zero-order valence-electron chi connectivity index (χ0n) is 14.9. The molecule has 1 aromatic heterocycles. The van der Waals surface area contributed by atoms with Crippen molar-refractivity contribution in [3.63, 3.8) is 0 Å². The first-order chi connectivity index (χ1) is 12.8. The number of piperidine rings is 1. The van der Waals surface area contributed by atoms with Gasteiger partial charge in [-0.15, -0.1) is 0 Å². The number of nitrogens with zero attached hydrogens (tertiary/aromatic N) is 3. The molecule has 1 fully saturated rings. The number of hydrogen-bond donors (Lipinski definition) is 1. The molecule has 2 aliphatic heterocycles. The predicted molar refractivity (Wildman–Crippen MR) is 97.9 cm³/mol. The van der Waals surface area contributed by atoms with E-state index in [1.54, 1.807) is 0 Å². The average molecular weight is 352 g/mol. The van der Waals surface area contributed by atoms with Crippen LogP contribution >= 0.6 is 0 Å². The van der Waals surface area contributed by atoms with Gasteiger partial charge < -0.3 is 15.0 Å². The van der Waals surface area contributed by atoms with Crippen LogP contribution in [0.1, 0.15) is 35.8 Å². The Morgan fingerprint density at radius 3 is 3.00 bits per heavy atom. The van der Waals surface area contributed by atoms with Gasteiger partial charge in [0.1, 0.15) is 11.6 Å². The highest BCUT2D eigenvalue weighted by Gasteiger charge is 2.24. The van der Waals surface area contributed by atoms with Crippen molar-refractivity contribution < 1.29 is 9.53 Å². The summed E-state index contributed by atoms with van der Waals surface area (Å²) in [5.41, 5.74) is 2.14. The van der Waals surface area contributed by atoms with Gasteiger partial charge in [-0.2, -0.15) is 0 Å². The van der Waals surface area contributed by atoms with Crippen LogP contribution in [0.5, 0.6) is 5.75 Å². The number of benzene rings is 1. The summed E-state index contributed by atoms with van der Waals surface area (Å²) in [6, 6.07) is 9.43. The molecule has 136 valence electrons. The van der Waals surface area contributed by atoms with Crippen LogP contribution in [-0.2, 0) is 17.8 Å². The number of ether oxygens (including phenoxy) is 1. The summed E-state index contributed by atoms with van der Waals surface area (Å²) in [6.45, 7) is 3.36. The van der Waals surface area contributed by atoms with E-state index < -0.39 is 0 Å². The van der Waals surface area contributed by atoms with Gasteiger partial charge in [0.2, 0.25) is 0 Å². The standard InChI is InChI=1S/C20H24N4O2/c25-19(14-26-17-6-2-1-3-7-17)24-10-8-18-16(13-24)12-22-20(23-18)15-5-4-9-21-11-15/h1-3,6-7,12,15,21H,4-5,8-11,13-14H2/t15-/m0/s1. The quantitative estimate of drug-likeness (QED) is 0.910. The summed E-state index contributed by atoms with van der Waals surface area (Å²) >= 11 is 0. The Morgan fingerprint density at radius 2 is 2.19 bits per heavy atom. The van der Waals surface area contributed by atoms with Gasteiger partial charge in [0.15, 0.2) is 6.61 Å². The Kier molecular flexibility index (Phi) is 5.11. The van der Waals surface area contributed by atoms with Gasteiger partial charge in [-0.25, -0.2) is 9.97 Å². The van der Waals surface area contributed by atoms with Gasteiger partial charge in [-0.3, -0.25) is 4.79 Å². The lowest BCUT2D eigenvalue weighted by Crippen LogP contribution is -2.39. The Hall–Kier alpha value is -2.47. The SMILES string of the molecule is O=C(COc1ccccc1)N1CCc2nc([C@H]3CCCNC3)ncc2C1. The topological polar surface area (TPSA) is 67.3 Å². The fraction of sp³-hybridized carbons (Fsp3) is 0.450. The molecule has 3 heterocycles. The van der Waals surface area contributed by atoms with E-state index in [1.165, 1.54) is 6.42 Å². The number of amides is 1. The molecule has 0 saturated carbocycles. The number of nitrogens with one attached hydrogen (secondary N) is 1. The summed E-state index contributed by atoms with van der Waals surface area (Å²) < 4.78 is 5.58. The molecule has 0 aliphatic carbocycles. The van der Waals surface area contributed by atoms with Crippen LogP contribution in [0.4, 0.5) is 0 Å². The van der Waals surface area contributed by atoms with Crippen LogP contribution in [-0.4, -0.2) is 47.0 Å². The zero-order chi connectivity index (χ0) is 17.8. The molecule has 1 atom stereocenters. The lowest BCUT2D eigenvalue weighted by atomic mass is 9.98. The summed E-state index contributed by atoms with van der Waals surface area (Å²) in [6.07, 6.45) is 5.01. The second-order valence-electron chi connectivity index (χ2n) is 6.91. The van der Waals surface area contributed by atoms with Crippen molar-refractivity contribution in [1.29, 1.82) is 0 Å². The van der Waals surface area contributed by atoms with Gasteiger partial charge in [0, 0.05) is 43.7 Å². The molecule has 1 N–H and O–H groups in total. The van der Waals surface area contributed by atoms with Crippen LogP contribution in [0.2, 0.25) is 0 Å². The molecule has 0 radical (unpaired) electrons. The third-order valence-corrected chi connectivity index (χ3v) is 5.07. The fourth-order valence-corrected chi connectivity index (χ4v) is 3.57. The number of para-hydroxylation sites is 1. The summed E-state index contributed by atoms with van der Waals surface area (Å²) in [4.78, 5) is 23.7. The van der Waals surface area contributed by atoms with Crippen molar-refractivity contribution in [1.82, 2.24) is 20.2 Å². The number of fused-ring (bicyclic) bond motifs is 1. The Bertz CT molecular complexity index is 760. The molecule has 4 rings (SSSR count). The molecule has 0 spiro atoms. The maximum atomic E-state index is 12.4. The molecular weight excluding hydrogens is 328 g/mol. The molecule has 1 saturated heterocycles. The molecule has 26 heavy (non-hydrogen) atoms. The predicted octanol–water partition coefficient (Wildman–Crippen LogP) is 1.91. The molecule has 6 heteroatoms. The highest BCUT2D eigenvalue weighted by atomic mass is 16.5. The summed E-state index contributed by atoms with van der Waals surface area (Å²) in [5.74, 6) is 2.07. The molecule has 1 amide bonds. The van der Waals surface area contributed by atoms with E-state index in [1.807, 2.05) is 41.4 Å². The second kappa shape index (κ2) is 7.83. The molecule has 2 aliphatic rings. The van der Waals surface area contributed by atoms with Gasteiger partial charge in [-0.05, 0) is 31.5 Å². The second-order valence-corrected chi connectivity index (χ2v) is 6.91. The molecule has 6 nitrogen and oxygen atoms in total. The maximum absolute atomic E-state index is 12.4. The van der Waals surface area contributed by atoms with E-state index in [9.17, 15) is 4.79 Å². The molecule has 1 aromatic carbocycles. The van der Waals surface area contributed by atoms with E-state index in [-0.39, 0.29) is 12.5 Å². The number of carbonyl (C=O) groups excluding carboxylic acids is 1. The summed E-state index contributed by atoms with van der Waals surface area (Å²) in [5, 5.41) is 3.42. The van der Waals surface area contributed by atoms with Gasteiger partial charge in [0.05, 0.1) is 5.69 Å². The van der Waals surface area contributed by atoms with E-state index >= 15 is 0 Å². The highest BCUT2D eigenvalue weighted by molar-refractivity contribution is 5.78. The van der Waals surface area contributed by atoms with Crippen LogP contribution in [0.25, 0.3) is 0 Å².